The van der Waals surface area contributed by atoms with Crippen LogP contribution in [0.1, 0.15) is 27.7 Å². The number of methoxy groups -OCH3 is 1. The predicted octanol–water partition coefficient (Wildman–Crippen LogP) is 1.06. The van der Waals surface area contributed by atoms with Crippen LogP contribution in [-0.2, 0) is 9.53 Å². The van der Waals surface area contributed by atoms with Gasteiger partial charge in [0.05, 0.1) is 7.11 Å². The quantitative estimate of drug-likeness (QED) is 0.560. The molecular weight excluding hydrogens is 212 g/mol. The fraction of sp³-hybridized carbons (Fsp3) is 0.800. The monoisotopic (exact) mass is 232 g/mol. The summed E-state index contributed by atoms with van der Waals surface area (Å²) in [4.78, 5) is 11.4. The van der Waals surface area contributed by atoms with Crippen molar-refractivity contribution in [3.63, 3.8) is 0 Å². The van der Waals surface area contributed by atoms with E-state index in [0.29, 0.717) is 5.11 Å². The summed E-state index contributed by atoms with van der Waals surface area (Å²) < 4.78 is 4.69. The van der Waals surface area contributed by atoms with Gasteiger partial charge in [0.2, 0.25) is 0 Å². The Kier molecular flexibility index (Phi) is 6.24. The molecule has 0 bridgehead atoms. The van der Waals surface area contributed by atoms with Crippen molar-refractivity contribution in [3.8, 4) is 0 Å². The minimum atomic E-state index is -0.395. The Hall–Kier alpha value is -0.840. The third-order valence-electron chi connectivity index (χ3n) is 1.83. The molecule has 0 aliphatic carbocycles. The number of carbonyl (C=O) groups is 1. The molecule has 0 aliphatic heterocycles. The highest BCUT2D eigenvalue weighted by Crippen LogP contribution is 2.03. The minimum Gasteiger partial charge on any atom is -0.467 e. The summed E-state index contributed by atoms with van der Waals surface area (Å²) in [5.74, 6) is -0.165. The van der Waals surface area contributed by atoms with Gasteiger partial charge < -0.3 is 15.4 Å². The van der Waals surface area contributed by atoms with Gasteiger partial charge in [-0.25, -0.2) is 4.79 Å². The van der Waals surface area contributed by atoms with Gasteiger partial charge in [0, 0.05) is 6.04 Å². The first kappa shape index (κ1) is 14.2. The zero-order chi connectivity index (χ0) is 12.0. The summed E-state index contributed by atoms with van der Waals surface area (Å²) in [6, 6.07) is -0.149. The Morgan fingerprint density at radius 1 is 1.20 bits per heavy atom. The standard InChI is InChI=1S/C10H20N2O2S/c1-6(2)8(9(13)14-5)12-10(15)11-7(3)4/h6-8H,1-5H3,(H2,11,12,15). The van der Waals surface area contributed by atoms with E-state index in [1.807, 2.05) is 27.7 Å². The average molecular weight is 232 g/mol. The van der Waals surface area contributed by atoms with Gasteiger partial charge in [-0.1, -0.05) is 13.8 Å². The molecule has 0 spiro atoms. The molecule has 0 aliphatic rings. The van der Waals surface area contributed by atoms with Gasteiger partial charge >= 0.3 is 5.97 Å². The van der Waals surface area contributed by atoms with E-state index >= 15 is 0 Å². The Balaban J connectivity index is 4.29. The first-order valence-electron chi connectivity index (χ1n) is 5.03. The lowest BCUT2D eigenvalue weighted by molar-refractivity contribution is -0.143. The third kappa shape index (κ3) is 5.57. The number of nitrogens with one attached hydrogen (secondary N) is 2. The normalized spacial score (nSPS) is 12.5. The SMILES string of the molecule is COC(=O)C(NC(=S)NC(C)C)C(C)C. The summed E-state index contributed by atoms with van der Waals surface area (Å²) >= 11 is 5.06. The minimum absolute atomic E-state index is 0.129. The Bertz CT molecular complexity index is 229. The van der Waals surface area contributed by atoms with E-state index in [-0.39, 0.29) is 17.9 Å². The Labute approximate surface area is 96.8 Å². The number of ether oxygens (including phenoxy) is 1. The van der Waals surface area contributed by atoms with E-state index in [4.69, 9.17) is 17.0 Å². The van der Waals surface area contributed by atoms with Crippen molar-refractivity contribution in [2.45, 2.75) is 39.8 Å². The second kappa shape index (κ2) is 6.61. The molecule has 88 valence electrons. The molecule has 0 aromatic carbocycles. The fourth-order valence-corrected chi connectivity index (χ4v) is 1.43. The zero-order valence-electron chi connectivity index (χ0n) is 9.96. The van der Waals surface area contributed by atoms with Crippen LogP contribution in [-0.4, -0.2) is 30.3 Å². The molecule has 0 heterocycles. The predicted molar refractivity (Wildman–Crippen MR) is 64.6 cm³/mol. The molecule has 5 heteroatoms. The number of esters is 1. The summed E-state index contributed by atoms with van der Waals surface area (Å²) in [5.41, 5.74) is 0. The van der Waals surface area contributed by atoms with Crippen LogP contribution in [0.5, 0.6) is 0 Å². The van der Waals surface area contributed by atoms with Gasteiger partial charge in [-0.05, 0) is 32.0 Å². The lowest BCUT2D eigenvalue weighted by Gasteiger charge is -2.22. The number of hydrogen-bond donors (Lipinski definition) is 2. The van der Waals surface area contributed by atoms with Crippen molar-refractivity contribution in [1.82, 2.24) is 10.6 Å². The smallest absolute Gasteiger partial charge is 0.328 e. The van der Waals surface area contributed by atoms with Crippen LogP contribution < -0.4 is 10.6 Å². The molecule has 1 unspecified atom stereocenters. The van der Waals surface area contributed by atoms with E-state index in [2.05, 4.69) is 10.6 Å². The highest BCUT2D eigenvalue weighted by atomic mass is 32.1. The molecule has 1 atom stereocenters. The second-order valence-electron chi connectivity index (χ2n) is 4.02. The molecule has 4 nitrogen and oxygen atoms in total. The fourth-order valence-electron chi connectivity index (χ4n) is 1.07. The van der Waals surface area contributed by atoms with Crippen LogP contribution in [0, 0.1) is 5.92 Å². The molecule has 0 radical (unpaired) electrons. The highest BCUT2D eigenvalue weighted by molar-refractivity contribution is 7.80. The molecule has 0 saturated heterocycles. The molecule has 0 rings (SSSR count). The number of rotatable bonds is 4. The summed E-state index contributed by atoms with van der Waals surface area (Å²) in [6.45, 7) is 7.84. The van der Waals surface area contributed by atoms with Gasteiger partial charge in [0.1, 0.15) is 6.04 Å². The van der Waals surface area contributed by atoms with Gasteiger partial charge in [0.15, 0.2) is 5.11 Å². The molecule has 15 heavy (non-hydrogen) atoms. The van der Waals surface area contributed by atoms with Gasteiger partial charge in [-0.15, -0.1) is 0 Å². The van der Waals surface area contributed by atoms with Gasteiger partial charge in [-0.2, -0.15) is 0 Å². The van der Waals surface area contributed by atoms with E-state index in [9.17, 15) is 4.79 Å². The van der Waals surface area contributed by atoms with E-state index < -0.39 is 6.04 Å². The number of thiocarbonyl (C=S) groups is 1. The number of hydrogen-bond acceptors (Lipinski definition) is 3. The molecule has 2 N–H and O–H groups in total. The molecule has 0 aromatic heterocycles. The first-order valence-corrected chi connectivity index (χ1v) is 5.44. The van der Waals surface area contributed by atoms with Crippen LogP contribution >= 0.6 is 12.2 Å². The summed E-state index contributed by atoms with van der Waals surface area (Å²) in [7, 11) is 1.37. The Morgan fingerprint density at radius 3 is 2.07 bits per heavy atom. The van der Waals surface area contributed by atoms with Gasteiger partial charge in [-0.3, -0.25) is 0 Å². The zero-order valence-corrected chi connectivity index (χ0v) is 10.8. The van der Waals surface area contributed by atoms with Crippen molar-refractivity contribution in [1.29, 1.82) is 0 Å². The first-order chi connectivity index (χ1) is 6.88. The van der Waals surface area contributed by atoms with E-state index in [0.717, 1.165) is 0 Å². The van der Waals surface area contributed by atoms with Crippen molar-refractivity contribution in [2.75, 3.05) is 7.11 Å². The van der Waals surface area contributed by atoms with E-state index in [1.165, 1.54) is 7.11 Å². The maximum atomic E-state index is 11.4. The van der Waals surface area contributed by atoms with Gasteiger partial charge in [0.25, 0.3) is 0 Å². The van der Waals surface area contributed by atoms with Crippen molar-refractivity contribution >= 4 is 23.3 Å². The van der Waals surface area contributed by atoms with Crippen molar-refractivity contribution in [2.24, 2.45) is 5.92 Å². The van der Waals surface area contributed by atoms with Crippen LogP contribution in [0.4, 0.5) is 0 Å². The van der Waals surface area contributed by atoms with Crippen molar-refractivity contribution < 1.29 is 9.53 Å². The summed E-state index contributed by atoms with van der Waals surface area (Å²) in [6.07, 6.45) is 0. The van der Waals surface area contributed by atoms with Crippen LogP contribution in [0.2, 0.25) is 0 Å². The molecule has 0 aromatic rings. The summed E-state index contributed by atoms with van der Waals surface area (Å²) in [5, 5.41) is 6.44. The van der Waals surface area contributed by atoms with Crippen LogP contribution in [0.3, 0.4) is 0 Å². The van der Waals surface area contributed by atoms with Crippen molar-refractivity contribution in [3.05, 3.63) is 0 Å². The van der Waals surface area contributed by atoms with Crippen LogP contribution in [0.25, 0.3) is 0 Å². The third-order valence-corrected chi connectivity index (χ3v) is 2.06. The maximum Gasteiger partial charge on any atom is 0.328 e. The van der Waals surface area contributed by atoms with Crippen LogP contribution in [0.15, 0.2) is 0 Å². The average Bonchev–Trinajstić information content (AvgIpc) is 2.11. The topological polar surface area (TPSA) is 50.4 Å². The molecular formula is C10H20N2O2S. The Morgan fingerprint density at radius 2 is 1.73 bits per heavy atom. The number of carbonyl (C=O) groups excluding carboxylic acids is 1. The van der Waals surface area contributed by atoms with E-state index in [1.54, 1.807) is 0 Å². The maximum absolute atomic E-state index is 11.4. The lowest BCUT2D eigenvalue weighted by atomic mass is 10.1. The molecule has 0 fully saturated rings. The molecule has 0 saturated carbocycles. The highest BCUT2D eigenvalue weighted by Gasteiger charge is 2.23. The molecule has 0 amide bonds. The largest absolute Gasteiger partial charge is 0.467 e. The second-order valence-corrected chi connectivity index (χ2v) is 4.43. The lowest BCUT2D eigenvalue weighted by Crippen LogP contribution is -2.50.